The van der Waals surface area contributed by atoms with Crippen LogP contribution in [0.3, 0.4) is 0 Å². The van der Waals surface area contributed by atoms with Gasteiger partial charge in [-0.1, -0.05) is 12.1 Å². The summed E-state index contributed by atoms with van der Waals surface area (Å²) in [5.41, 5.74) is 8.09. The van der Waals surface area contributed by atoms with Gasteiger partial charge in [-0.05, 0) is 18.2 Å². The van der Waals surface area contributed by atoms with Crippen molar-refractivity contribution in [3.63, 3.8) is 0 Å². The molecule has 0 aliphatic heterocycles. The summed E-state index contributed by atoms with van der Waals surface area (Å²) in [6.45, 7) is 0.318. The van der Waals surface area contributed by atoms with Crippen LogP contribution in [0.25, 0.3) is 11.3 Å². The zero-order chi connectivity index (χ0) is 14.4. The summed E-state index contributed by atoms with van der Waals surface area (Å²) in [5.74, 6) is -0.121. The highest BCUT2D eigenvalue weighted by molar-refractivity contribution is 5.91. The number of benzene rings is 1. The van der Waals surface area contributed by atoms with Crippen molar-refractivity contribution in [2.45, 2.75) is 12.5 Å². The van der Waals surface area contributed by atoms with Crippen molar-refractivity contribution in [2.24, 2.45) is 5.73 Å². The zero-order valence-corrected chi connectivity index (χ0v) is 12.5. The number of H-pyrrole nitrogens is 1. The number of nitrogens with two attached hydrogens (primary N) is 1. The van der Waals surface area contributed by atoms with Gasteiger partial charge < -0.3 is 15.8 Å². The summed E-state index contributed by atoms with van der Waals surface area (Å²) >= 11 is 0. The molecule has 0 aliphatic carbocycles. The lowest BCUT2D eigenvalue weighted by Gasteiger charge is -2.13. The fourth-order valence-corrected chi connectivity index (χ4v) is 1.86. The largest absolute Gasteiger partial charge is 0.380 e. The van der Waals surface area contributed by atoms with E-state index in [-0.39, 0.29) is 30.8 Å². The molecule has 1 aromatic carbocycles. The van der Waals surface area contributed by atoms with Crippen LogP contribution < -0.4 is 11.1 Å². The van der Waals surface area contributed by atoms with E-state index in [0.29, 0.717) is 6.54 Å². The maximum atomic E-state index is 11.9. The van der Waals surface area contributed by atoms with Crippen molar-refractivity contribution in [1.29, 1.82) is 0 Å². The van der Waals surface area contributed by atoms with Crippen LogP contribution in [0, 0.1) is 0 Å². The Balaban J connectivity index is 0.00000220. The summed E-state index contributed by atoms with van der Waals surface area (Å²) < 4.78 is 5.09. The number of methoxy groups -OCH3 is 1. The zero-order valence-electron chi connectivity index (χ0n) is 11.7. The molecule has 0 saturated heterocycles. The minimum absolute atomic E-state index is 0. The Kier molecular flexibility index (Phi) is 6.87. The van der Waals surface area contributed by atoms with Gasteiger partial charge in [-0.2, -0.15) is 5.10 Å². The first-order chi connectivity index (χ1) is 9.72. The average molecular weight is 311 g/mol. The standard InChI is InChI=1S/C14H18N4O2.ClH/c1-20-12(9-15)8-14(19)17-11-4-2-3-10(7-11)13-5-6-16-18-13;/h2-7,12H,8-9,15H2,1H3,(H,16,18)(H,17,19);1H. The summed E-state index contributed by atoms with van der Waals surface area (Å²) in [6, 6.07) is 9.41. The molecule has 1 atom stereocenters. The summed E-state index contributed by atoms with van der Waals surface area (Å²) in [7, 11) is 1.55. The van der Waals surface area contributed by atoms with Crippen LogP contribution in [0.2, 0.25) is 0 Å². The van der Waals surface area contributed by atoms with Gasteiger partial charge in [0.2, 0.25) is 5.91 Å². The lowest BCUT2D eigenvalue weighted by Crippen LogP contribution is -2.28. The van der Waals surface area contributed by atoms with Gasteiger partial charge in [0, 0.05) is 31.1 Å². The Hall–Kier alpha value is -1.89. The van der Waals surface area contributed by atoms with Crippen molar-refractivity contribution in [1.82, 2.24) is 10.2 Å². The SMILES string of the molecule is COC(CN)CC(=O)Nc1cccc(-c2ccn[nH]2)c1.Cl. The van der Waals surface area contributed by atoms with Gasteiger partial charge in [-0.3, -0.25) is 9.89 Å². The van der Waals surface area contributed by atoms with Crippen molar-refractivity contribution in [2.75, 3.05) is 19.0 Å². The van der Waals surface area contributed by atoms with Crippen LogP contribution >= 0.6 is 12.4 Å². The van der Waals surface area contributed by atoms with Gasteiger partial charge in [0.15, 0.2) is 0 Å². The van der Waals surface area contributed by atoms with E-state index in [1.54, 1.807) is 13.3 Å². The molecule has 4 N–H and O–H groups in total. The van der Waals surface area contributed by atoms with Crippen molar-refractivity contribution >= 4 is 24.0 Å². The predicted octanol–water partition coefficient (Wildman–Crippen LogP) is 1.80. The number of nitrogens with zero attached hydrogens (tertiary/aromatic N) is 1. The highest BCUT2D eigenvalue weighted by Gasteiger charge is 2.11. The van der Waals surface area contributed by atoms with Gasteiger partial charge in [0.1, 0.15) is 0 Å². The Bertz CT molecular complexity index is 556. The minimum atomic E-state index is -0.259. The second-order valence-corrected chi connectivity index (χ2v) is 4.40. The molecule has 1 aromatic heterocycles. The third-order valence-corrected chi connectivity index (χ3v) is 2.97. The molecular formula is C14H19ClN4O2. The van der Waals surface area contributed by atoms with Crippen molar-refractivity contribution < 1.29 is 9.53 Å². The van der Waals surface area contributed by atoms with Crippen LogP contribution in [0.5, 0.6) is 0 Å². The summed E-state index contributed by atoms with van der Waals surface area (Å²) in [5, 5.41) is 9.63. The van der Waals surface area contributed by atoms with E-state index in [1.807, 2.05) is 30.3 Å². The fourth-order valence-electron chi connectivity index (χ4n) is 1.86. The van der Waals surface area contributed by atoms with Crippen molar-refractivity contribution in [3.8, 4) is 11.3 Å². The Morgan fingerprint density at radius 1 is 1.48 bits per heavy atom. The van der Waals surface area contributed by atoms with E-state index < -0.39 is 0 Å². The molecule has 7 heteroatoms. The molecule has 0 spiro atoms. The smallest absolute Gasteiger partial charge is 0.227 e. The fraction of sp³-hybridized carbons (Fsp3) is 0.286. The number of anilines is 1. The van der Waals surface area contributed by atoms with Crippen LogP contribution in [-0.4, -0.2) is 35.9 Å². The average Bonchev–Trinajstić information content (AvgIpc) is 2.99. The monoisotopic (exact) mass is 310 g/mol. The minimum Gasteiger partial charge on any atom is -0.380 e. The van der Waals surface area contributed by atoms with Gasteiger partial charge >= 0.3 is 0 Å². The normalized spacial score (nSPS) is 11.5. The second-order valence-electron chi connectivity index (χ2n) is 4.40. The number of hydrogen-bond donors (Lipinski definition) is 3. The molecule has 114 valence electrons. The molecule has 2 rings (SSSR count). The van der Waals surface area contributed by atoms with Gasteiger partial charge in [0.05, 0.1) is 18.2 Å². The highest BCUT2D eigenvalue weighted by Crippen LogP contribution is 2.20. The maximum Gasteiger partial charge on any atom is 0.227 e. The van der Waals surface area contributed by atoms with Gasteiger partial charge in [-0.25, -0.2) is 0 Å². The second kappa shape index (κ2) is 8.41. The third kappa shape index (κ3) is 4.86. The number of aromatic nitrogens is 2. The number of nitrogens with one attached hydrogen (secondary N) is 2. The molecule has 0 fully saturated rings. The van der Waals surface area contributed by atoms with Crippen LogP contribution in [0.15, 0.2) is 36.5 Å². The Morgan fingerprint density at radius 2 is 2.29 bits per heavy atom. The van der Waals surface area contributed by atoms with Crippen LogP contribution in [0.1, 0.15) is 6.42 Å². The van der Waals surface area contributed by atoms with E-state index in [0.717, 1.165) is 16.9 Å². The summed E-state index contributed by atoms with van der Waals surface area (Å²) in [4.78, 5) is 11.9. The third-order valence-electron chi connectivity index (χ3n) is 2.97. The number of rotatable bonds is 6. The van der Waals surface area contributed by atoms with E-state index in [2.05, 4.69) is 15.5 Å². The summed E-state index contributed by atoms with van der Waals surface area (Å²) in [6.07, 6.45) is 1.66. The molecular weight excluding hydrogens is 292 g/mol. The number of halogens is 1. The van der Waals surface area contributed by atoms with Crippen molar-refractivity contribution in [3.05, 3.63) is 36.5 Å². The molecule has 6 nitrogen and oxygen atoms in total. The first-order valence-corrected chi connectivity index (χ1v) is 6.35. The van der Waals surface area contributed by atoms with Gasteiger partial charge in [-0.15, -0.1) is 12.4 Å². The van der Waals surface area contributed by atoms with Crippen LogP contribution in [0.4, 0.5) is 5.69 Å². The quantitative estimate of drug-likeness (QED) is 0.758. The Morgan fingerprint density at radius 3 is 2.90 bits per heavy atom. The number of carbonyl (C=O) groups is 1. The van der Waals surface area contributed by atoms with E-state index in [9.17, 15) is 4.79 Å². The maximum absolute atomic E-state index is 11.9. The number of amides is 1. The lowest BCUT2D eigenvalue weighted by atomic mass is 10.1. The number of ether oxygens (including phenoxy) is 1. The molecule has 21 heavy (non-hydrogen) atoms. The molecule has 0 saturated carbocycles. The Labute approximate surface area is 129 Å². The molecule has 1 unspecified atom stereocenters. The topological polar surface area (TPSA) is 93.0 Å². The predicted molar refractivity (Wildman–Crippen MR) is 84.4 cm³/mol. The molecule has 1 heterocycles. The molecule has 0 radical (unpaired) electrons. The molecule has 1 amide bonds. The van der Waals surface area contributed by atoms with Gasteiger partial charge in [0.25, 0.3) is 0 Å². The molecule has 0 aliphatic rings. The highest BCUT2D eigenvalue weighted by atomic mass is 35.5. The first-order valence-electron chi connectivity index (χ1n) is 6.35. The lowest BCUT2D eigenvalue weighted by molar-refractivity contribution is -0.118. The van der Waals surface area contributed by atoms with E-state index in [1.165, 1.54) is 0 Å². The first kappa shape index (κ1) is 17.2. The number of hydrogen-bond acceptors (Lipinski definition) is 4. The number of carbonyl (C=O) groups excluding carboxylic acids is 1. The number of aromatic amines is 1. The molecule has 0 bridgehead atoms. The van der Waals surface area contributed by atoms with Crippen LogP contribution in [-0.2, 0) is 9.53 Å². The van der Waals surface area contributed by atoms with E-state index >= 15 is 0 Å². The molecule has 2 aromatic rings. The van der Waals surface area contributed by atoms with E-state index in [4.69, 9.17) is 10.5 Å².